The Hall–Kier alpha value is -0.0800. The fourth-order valence-corrected chi connectivity index (χ4v) is 2.81. The van der Waals surface area contributed by atoms with Gasteiger partial charge in [-0.3, -0.25) is 0 Å². The normalized spacial score (nSPS) is 30.6. The topological polar surface area (TPSA) is 29.5 Å². The Morgan fingerprint density at radius 2 is 1.88 bits per heavy atom. The third-order valence-electron chi connectivity index (χ3n) is 3.73. The number of hydrogen-bond donors (Lipinski definition) is 1. The molecule has 0 aliphatic heterocycles. The molecule has 16 heavy (non-hydrogen) atoms. The molecule has 96 valence electrons. The average Bonchev–Trinajstić information content (AvgIpc) is 2.29. The van der Waals surface area contributed by atoms with Crippen molar-refractivity contribution in [2.24, 2.45) is 11.8 Å². The van der Waals surface area contributed by atoms with E-state index in [9.17, 15) is 5.11 Å². The first-order valence-electron chi connectivity index (χ1n) is 7.03. The van der Waals surface area contributed by atoms with Crippen molar-refractivity contribution in [2.75, 3.05) is 13.2 Å². The van der Waals surface area contributed by atoms with Crippen molar-refractivity contribution in [1.29, 1.82) is 0 Å². The molecule has 0 aromatic heterocycles. The first-order chi connectivity index (χ1) is 7.77. The minimum Gasteiger partial charge on any atom is -0.393 e. The molecule has 0 aromatic carbocycles. The van der Waals surface area contributed by atoms with Crippen LogP contribution < -0.4 is 0 Å². The van der Waals surface area contributed by atoms with Crippen LogP contribution >= 0.6 is 0 Å². The average molecular weight is 228 g/mol. The summed E-state index contributed by atoms with van der Waals surface area (Å²) in [5.41, 5.74) is 0. The van der Waals surface area contributed by atoms with Crippen molar-refractivity contribution in [2.45, 2.75) is 64.9 Å². The second-order valence-electron chi connectivity index (χ2n) is 5.20. The summed E-state index contributed by atoms with van der Waals surface area (Å²) >= 11 is 0. The highest BCUT2D eigenvalue weighted by molar-refractivity contribution is 4.79. The van der Waals surface area contributed by atoms with Crippen molar-refractivity contribution >= 4 is 0 Å². The number of aliphatic hydroxyl groups is 1. The molecule has 1 aliphatic rings. The lowest BCUT2D eigenvalue weighted by Crippen LogP contribution is -2.30. The van der Waals surface area contributed by atoms with Crippen molar-refractivity contribution in [3.8, 4) is 0 Å². The van der Waals surface area contributed by atoms with E-state index in [4.69, 9.17) is 4.74 Å². The van der Waals surface area contributed by atoms with Crippen molar-refractivity contribution in [3.05, 3.63) is 0 Å². The Bertz CT molecular complexity index is 170. The standard InChI is InChI=1S/C14H28O2/c1-3-5-12-6-7-14(15)13(11-12)8-10-16-9-4-2/h12-15H,3-11H2,1-2H3. The number of ether oxygens (including phenoxy) is 1. The SMILES string of the molecule is CCCOCCC1CC(CCC)CCC1O. The lowest BCUT2D eigenvalue weighted by atomic mass is 9.76. The van der Waals surface area contributed by atoms with Crippen LogP contribution in [-0.4, -0.2) is 24.4 Å². The molecule has 0 spiro atoms. The zero-order chi connectivity index (χ0) is 11.8. The van der Waals surface area contributed by atoms with Crippen molar-refractivity contribution < 1.29 is 9.84 Å². The van der Waals surface area contributed by atoms with Crippen molar-refractivity contribution in [1.82, 2.24) is 0 Å². The molecule has 0 bridgehead atoms. The predicted molar refractivity (Wildman–Crippen MR) is 67.5 cm³/mol. The van der Waals surface area contributed by atoms with Crippen LogP contribution in [0.25, 0.3) is 0 Å². The Morgan fingerprint density at radius 3 is 2.56 bits per heavy atom. The third kappa shape index (κ3) is 4.84. The largest absolute Gasteiger partial charge is 0.393 e. The molecule has 0 saturated heterocycles. The molecule has 1 fully saturated rings. The van der Waals surface area contributed by atoms with Gasteiger partial charge >= 0.3 is 0 Å². The Kier molecular flexibility index (Phi) is 7.06. The van der Waals surface area contributed by atoms with Crippen LogP contribution in [0.4, 0.5) is 0 Å². The second-order valence-corrected chi connectivity index (χ2v) is 5.20. The van der Waals surface area contributed by atoms with E-state index in [2.05, 4.69) is 13.8 Å². The Morgan fingerprint density at radius 1 is 1.06 bits per heavy atom. The van der Waals surface area contributed by atoms with Crippen LogP contribution in [0.15, 0.2) is 0 Å². The lowest BCUT2D eigenvalue weighted by Gasteiger charge is -2.33. The highest BCUT2D eigenvalue weighted by atomic mass is 16.5. The molecule has 0 amide bonds. The highest BCUT2D eigenvalue weighted by Gasteiger charge is 2.28. The van der Waals surface area contributed by atoms with Gasteiger partial charge in [-0.2, -0.15) is 0 Å². The lowest BCUT2D eigenvalue weighted by molar-refractivity contribution is 0.0218. The van der Waals surface area contributed by atoms with Gasteiger partial charge in [0.1, 0.15) is 0 Å². The zero-order valence-corrected chi connectivity index (χ0v) is 11.0. The van der Waals surface area contributed by atoms with Gasteiger partial charge in [0.05, 0.1) is 6.10 Å². The molecule has 0 aromatic rings. The maximum absolute atomic E-state index is 9.96. The summed E-state index contributed by atoms with van der Waals surface area (Å²) in [5, 5.41) is 9.96. The van der Waals surface area contributed by atoms with Gasteiger partial charge in [0.15, 0.2) is 0 Å². The van der Waals surface area contributed by atoms with E-state index in [0.717, 1.165) is 38.4 Å². The first-order valence-corrected chi connectivity index (χ1v) is 7.03. The maximum Gasteiger partial charge on any atom is 0.0569 e. The molecule has 0 heterocycles. The highest BCUT2D eigenvalue weighted by Crippen LogP contribution is 2.33. The van der Waals surface area contributed by atoms with Gasteiger partial charge in [0, 0.05) is 13.2 Å². The van der Waals surface area contributed by atoms with Crippen LogP contribution in [0.1, 0.15) is 58.8 Å². The fourth-order valence-electron chi connectivity index (χ4n) is 2.81. The minimum absolute atomic E-state index is 0.0710. The molecular formula is C14H28O2. The summed E-state index contributed by atoms with van der Waals surface area (Å²) in [6.07, 6.45) is 8.11. The predicted octanol–water partition coefficient (Wildman–Crippen LogP) is 3.38. The molecule has 1 aliphatic carbocycles. The molecular weight excluding hydrogens is 200 g/mol. The van der Waals surface area contributed by atoms with E-state index in [0.29, 0.717) is 5.92 Å². The van der Waals surface area contributed by atoms with Gasteiger partial charge in [-0.05, 0) is 43.9 Å². The van der Waals surface area contributed by atoms with Gasteiger partial charge < -0.3 is 9.84 Å². The number of hydrogen-bond acceptors (Lipinski definition) is 2. The molecule has 0 radical (unpaired) electrons. The second kappa shape index (κ2) is 8.08. The zero-order valence-electron chi connectivity index (χ0n) is 11.0. The van der Waals surface area contributed by atoms with Crippen LogP contribution in [0.5, 0.6) is 0 Å². The smallest absolute Gasteiger partial charge is 0.0569 e. The van der Waals surface area contributed by atoms with E-state index < -0.39 is 0 Å². The number of rotatable bonds is 7. The van der Waals surface area contributed by atoms with Crippen LogP contribution in [0, 0.1) is 11.8 Å². The molecule has 3 atom stereocenters. The maximum atomic E-state index is 9.96. The summed E-state index contributed by atoms with van der Waals surface area (Å²) in [5.74, 6) is 1.34. The van der Waals surface area contributed by atoms with Gasteiger partial charge in [-0.25, -0.2) is 0 Å². The molecule has 2 nitrogen and oxygen atoms in total. The van der Waals surface area contributed by atoms with E-state index in [1.54, 1.807) is 0 Å². The quantitative estimate of drug-likeness (QED) is 0.677. The fraction of sp³-hybridized carbons (Fsp3) is 1.00. The van der Waals surface area contributed by atoms with Gasteiger partial charge in [-0.1, -0.05) is 26.7 Å². The van der Waals surface area contributed by atoms with Gasteiger partial charge in [-0.15, -0.1) is 0 Å². The molecule has 3 unspecified atom stereocenters. The van der Waals surface area contributed by atoms with Crippen LogP contribution in [0.3, 0.4) is 0 Å². The van der Waals surface area contributed by atoms with Crippen LogP contribution in [-0.2, 0) is 4.74 Å². The van der Waals surface area contributed by atoms with Crippen molar-refractivity contribution in [3.63, 3.8) is 0 Å². The minimum atomic E-state index is -0.0710. The Labute approximate surface area is 100 Å². The number of aliphatic hydroxyl groups excluding tert-OH is 1. The summed E-state index contributed by atoms with van der Waals surface area (Å²) in [6, 6.07) is 0. The summed E-state index contributed by atoms with van der Waals surface area (Å²) in [6.45, 7) is 6.08. The van der Waals surface area contributed by atoms with E-state index in [1.165, 1.54) is 25.7 Å². The van der Waals surface area contributed by atoms with Crippen LogP contribution in [0.2, 0.25) is 0 Å². The van der Waals surface area contributed by atoms with E-state index in [1.807, 2.05) is 0 Å². The summed E-state index contributed by atoms with van der Waals surface area (Å²) in [7, 11) is 0. The first kappa shape index (κ1) is 14.0. The van der Waals surface area contributed by atoms with Gasteiger partial charge in [0.25, 0.3) is 0 Å². The van der Waals surface area contributed by atoms with Gasteiger partial charge in [0.2, 0.25) is 0 Å². The monoisotopic (exact) mass is 228 g/mol. The van der Waals surface area contributed by atoms with E-state index in [-0.39, 0.29) is 6.10 Å². The molecule has 2 heteroatoms. The molecule has 1 saturated carbocycles. The third-order valence-corrected chi connectivity index (χ3v) is 3.73. The molecule has 1 rings (SSSR count). The summed E-state index contributed by atoms with van der Waals surface area (Å²) in [4.78, 5) is 0. The Balaban J connectivity index is 2.21. The van der Waals surface area contributed by atoms with E-state index >= 15 is 0 Å². The molecule has 1 N–H and O–H groups in total. The summed E-state index contributed by atoms with van der Waals surface area (Å²) < 4.78 is 5.52.